The second-order valence-corrected chi connectivity index (χ2v) is 12.3. The van der Waals surface area contributed by atoms with E-state index in [-0.39, 0.29) is 11.8 Å². The zero-order valence-corrected chi connectivity index (χ0v) is 29.9. The topological polar surface area (TPSA) is 164 Å². The molecule has 1 aliphatic carbocycles. The molecule has 2 aromatic heterocycles. The summed E-state index contributed by atoms with van der Waals surface area (Å²) < 4.78 is 39.1. The maximum atomic E-state index is 13.6. The van der Waals surface area contributed by atoms with Gasteiger partial charge in [-0.2, -0.15) is 18.3 Å². The molecule has 52 heavy (non-hydrogen) atoms. The number of alkyl halides is 3. The minimum atomic E-state index is -5.08. The number of aromatic nitrogens is 4. The molecular weight excluding hydrogens is 681 g/mol. The standard InChI is InChI=1S/C34H42N8O3.C2HF3O2/c1-7-21-11-9-12-22(8-2)29(21)38-33(44)31-25-16-14-23-20-35-34(39-30(23)32(25)42(5)40-31)37-26-17-15-24(19-27(26)45-6)36-28(43)13-10-18-41(3)4;3-2(4,5)1(6)7/h9,11-12,15,17,19-20H,7-8,10,13-14,16,18H2,1-6H3,(H,36,43)(H,38,44)(H,35,37,39);(H,6,7). The smallest absolute Gasteiger partial charge is 0.490 e. The van der Waals surface area contributed by atoms with Crippen molar-refractivity contribution in [2.45, 2.75) is 58.5 Å². The first-order valence-corrected chi connectivity index (χ1v) is 16.7. The van der Waals surface area contributed by atoms with Gasteiger partial charge in [-0.05, 0) is 81.6 Å². The Bertz CT molecular complexity index is 1900. The number of carboxylic acid groups (broad SMARTS) is 1. The van der Waals surface area contributed by atoms with E-state index in [2.05, 4.69) is 56.9 Å². The van der Waals surface area contributed by atoms with E-state index in [4.69, 9.17) is 19.6 Å². The monoisotopic (exact) mass is 724 g/mol. The lowest BCUT2D eigenvalue weighted by molar-refractivity contribution is -0.192. The molecule has 0 fully saturated rings. The van der Waals surface area contributed by atoms with E-state index >= 15 is 0 Å². The van der Waals surface area contributed by atoms with Crippen LogP contribution in [0.15, 0.2) is 42.6 Å². The molecule has 2 amide bonds. The number of methoxy groups -OCH3 is 1. The number of para-hydroxylation sites is 1. The number of ether oxygens (including phenoxy) is 1. The number of nitrogens with zero attached hydrogens (tertiary/aromatic N) is 5. The lowest BCUT2D eigenvalue weighted by Crippen LogP contribution is -2.21. The fraction of sp³-hybridized carbons (Fsp3) is 0.389. The van der Waals surface area contributed by atoms with E-state index in [1.54, 1.807) is 17.9 Å². The summed E-state index contributed by atoms with van der Waals surface area (Å²) in [6.45, 7) is 5.03. The van der Waals surface area contributed by atoms with E-state index in [0.717, 1.165) is 65.1 Å². The Kier molecular flexibility index (Phi) is 12.9. The van der Waals surface area contributed by atoms with Gasteiger partial charge in [0.05, 0.1) is 24.2 Å². The highest BCUT2D eigenvalue weighted by atomic mass is 19.4. The molecule has 13 nitrogen and oxygen atoms in total. The summed E-state index contributed by atoms with van der Waals surface area (Å²) in [5.41, 5.74) is 8.23. The molecule has 5 rings (SSSR count). The first-order chi connectivity index (χ1) is 24.7. The Morgan fingerprint density at radius 3 is 2.31 bits per heavy atom. The number of aliphatic carboxylic acids is 1. The van der Waals surface area contributed by atoms with Crippen LogP contribution < -0.4 is 20.7 Å². The Morgan fingerprint density at radius 2 is 1.71 bits per heavy atom. The molecule has 0 saturated carbocycles. The van der Waals surface area contributed by atoms with Crippen LogP contribution in [0.25, 0.3) is 11.4 Å². The molecule has 1 aliphatic rings. The van der Waals surface area contributed by atoms with Crippen molar-refractivity contribution in [3.05, 3.63) is 70.5 Å². The number of carbonyl (C=O) groups is 3. The van der Waals surface area contributed by atoms with Crippen LogP contribution in [0, 0.1) is 0 Å². The van der Waals surface area contributed by atoms with Crippen LogP contribution in [0.2, 0.25) is 0 Å². The van der Waals surface area contributed by atoms with Gasteiger partial charge in [-0.15, -0.1) is 0 Å². The second-order valence-electron chi connectivity index (χ2n) is 12.3. The largest absolute Gasteiger partial charge is 0.494 e. The van der Waals surface area contributed by atoms with Crippen molar-refractivity contribution < 1.29 is 37.4 Å². The number of nitrogens with one attached hydrogen (secondary N) is 3. The second kappa shape index (κ2) is 17.1. The van der Waals surface area contributed by atoms with Crippen molar-refractivity contribution >= 4 is 40.8 Å². The Labute approximate surface area is 299 Å². The minimum absolute atomic E-state index is 0.0435. The summed E-state index contributed by atoms with van der Waals surface area (Å²) in [6.07, 6.45) is 0.969. The lowest BCUT2D eigenvalue weighted by Gasteiger charge is -2.18. The highest BCUT2D eigenvalue weighted by Gasteiger charge is 2.38. The number of amides is 2. The third-order valence-corrected chi connectivity index (χ3v) is 8.31. The molecule has 0 aliphatic heterocycles. The van der Waals surface area contributed by atoms with Gasteiger partial charge in [-0.3, -0.25) is 14.3 Å². The molecule has 4 N–H and O–H groups in total. The SMILES string of the molecule is CCc1cccc(CC)c1NC(=O)c1nn(C)c2c1CCc1cnc(Nc3ccc(NC(=O)CCCN(C)C)cc3OC)nc1-2.O=C(O)C(F)(F)F. The van der Waals surface area contributed by atoms with Gasteiger partial charge in [0, 0.05) is 42.7 Å². The third-order valence-electron chi connectivity index (χ3n) is 8.31. The van der Waals surface area contributed by atoms with Crippen molar-refractivity contribution in [2.24, 2.45) is 7.05 Å². The molecule has 0 bridgehead atoms. The van der Waals surface area contributed by atoms with Crippen molar-refractivity contribution in [3.63, 3.8) is 0 Å². The van der Waals surface area contributed by atoms with Gasteiger partial charge < -0.3 is 30.7 Å². The number of rotatable bonds is 12. The normalized spacial score (nSPS) is 11.9. The van der Waals surface area contributed by atoms with Gasteiger partial charge in [0.1, 0.15) is 5.75 Å². The van der Waals surface area contributed by atoms with Crippen LogP contribution in [0.4, 0.5) is 36.2 Å². The predicted octanol–water partition coefficient (Wildman–Crippen LogP) is 6.02. The quantitative estimate of drug-likeness (QED) is 0.136. The molecule has 0 spiro atoms. The molecule has 2 heterocycles. The summed E-state index contributed by atoms with van der Waals surface area (Å²) in [4.78, 5) is 46.4. The number of benzene rings is 2. The molecule has 4 aromatic rings. The molecule has 278 valence electrons. The number of carbonyl (C=O) groups excluding carboxylic acids is 2. The van der Waals surface area contributed by atoms with Crippen LogP contribution in [-0.2, 0) is 42.3 Å². The maximum absolute atomic E-state index is 13.6. The Balaban J connectivity index is 0.000000785. The summed E-state index contributed by atoms with van der Waals surface area (Å²) in [6, 6.07) is 11.6. The van der Waals surface area contributed by atoms with Crippen LogP contribution in [0.1, 0.15) is 59.4 Å². The molecule has 0 saturated heterocycles. The molecule has 0 unspecified atom stereocenters. The van der Waals surface area contributed by atoms with Crippen LogP contribution in [-0.4, -0.2) is 81.5 Å². The van der Waals surface area contributed by atoms with Crippen LogP contribution >= 0.6 is 0 Å². The van der Waals surface area contributed by atoms with Gasteiger partial charge in [-0.25, -0.2) is 14.8 Å². The van der Waals surface area contributed by atoms with Crippen LogP contribution in [0.3, 0.4) is 0 Å². The highest BCUT2D eigenvalue weighted by molar-refractivity contribution is 6.06. The zero-order chi connectivity index (χ0) is 38.2. The number of fused-ring (bicyclic) bond motifs is 3. The van der Waals surface area contributed by atoms with E-state index in [1.807, 2.05) is 45.5 Å². The number of halogens is 3. The van der Waals surface area contributed by atoms with Crippen molar-refractivity contribution in [3.8, 4) is 17.1 Å². The fourth-order valence-corrected chi connectivity index (χ4v) is 5.75. The van der Waals surface area contributed by atoms with Gasteiger partial charge in [-0.1, -0.05) is 32.0 Å². The van der Waals surface area contributed by atoms with E-state index < -0.39 is 12.1 Å². The Morgan fingerprint density at radius 1 is 1.04 bits per heavy atom. The van der Waals surface area contributed by atoms with Gasteiger partial charge >= 0.3 is 12.1 Å². The maximum Gasteiger partial charge on any atom is 0.490 e. The average Bonchev–Trinajstić information content (AvgIpc) is 3.45. The predicted molar refractivity (Wildman–Crippen MR) is 191 cm³/mol. The van der Waals surface area contributed by atoms with E-state index in [0.29, 0.717) is 48.0 Å². The number of aryl methyl sites for hydroxylation is 4. The Hall–Kier alpha value is -5.51. The zero-order valence-electron chi connectivity index (χ0n) is 29.9. The van der Waals surface area contributed by atoms with Crippen molar-refractivity contribution in [2.75, 3.05) is 43.7 Å². The molecule has 16 heteroatoms. The van der Waals surface area contributed by atoms with Crippen molar-refractivity contribution in [1.82, 2.24) is 24.6 Å². The molecular formula is C36H43F3N8O5. The molecule has 0 atom stereocenters. The van der Waals surface area contributed by atoms with Gasteiger partial charge in [0.2, 0.25) is 11.9 Å². The third kappa shape index (κ3) is 9.63. The number of hydrogen-bond donors (Lipinski definition) is 4. The average molecular weight is 725 g/mol. The number of carboxylic acids is 1. The lowest BCUT2D eigenvalue weighted by atomic mass is 9.93. The minimum Gasteiger partial charge on any atom is -0.494 e. The molecule has 0 radical (unpaired) electrons. The summed E-state index contributed by atoms with van der Waals surface area (Å²) in [5, 5.41) is 21.2. The van der Waals surface area contributed by atoms with E-state index in [1.165, 1.54) is 0 Å². The van der Waals surface area contributed by atoms with E-state index in [9.17, 15) is 22.8 Å². The number of hydrogen-bond acceptors (Lipinski definition) is 9. The van der Waals surface area contributed by atoms with Gasteiger partial charge in [0.15, 0.2) is 5.69 Å². The molecule has 2 aromatic carbocycles. The van der Waals surface area contributed by atoms with Crippen LogP contribution in [0.5, 0.6) is 5.75 Å². The first kappa shape index (κ1) is 39.3. The fourth-order valence-electron chi connectivity index (χ4n) is 5.75. The summed E-state index contributed by atoms with van der Waals surface area (Å²) in [7, 11) is 7.40. The van der Waals surface area contributed by atoms with Gasteiger partial charge in [0.25, 0.3) is 5.91 Å². The first-order valence-electron chi connectivity index (χ1n) is 16.7. The highest BCUT2D eigenvalue weighted by Crippen LogP contribution is 2.36. The van der Waals surface area contributed by atoms with Crippen molar-refractivity contribution in [1.29, 1.82) is 0 Å². The summed E-state index contributed by atoms with van der Waals surface area (Å²) >= 11 is 0. The summed E-state index contributed by atoms with van der Waals surface area (Å²) in [5.74, 6) is -2.09. The number of anilines is 4.